The predicted molar refractivity (Wildman–Crippen MR) is 120 cm³/mol. The lowest BCUT2D eigenvalue weighted by molar-refractivity contribution is -0.725. The Bertz CT molecular complexity index is 941. The molecule has 186 valence electrons. The zero-order chi connectivity index (χ0) is 24.5. The molecule has 0 unspecified atom stereocenters. The molecular formula is C22H34NO9S+. The summed E-state index contributed by atoms with van der Waals surface area (Å²) < 4.78 is 50.4. The molecule has 1 aliphatic heterocycles. The molecule has 0 saturated heterocycles. The van der Waals surface area contributed by atoms with E-state index in [4.69, 9.17) is 24.2 Å². The van der Waals surface area contributed by atoms with E-state index in [0.717, 1.165) is 11.3 Å². The van der Waals surface area contributed by atoms with Crippen LogP contribution in [0.3, 0.4) is 0 Å². The van der Waals surface area contributed by atoms with Gasteiger partial charge in [-0.1, -0.05) is 0 Å². The summed E-state index contributed by atoms with van der Waals surface area (Å²) in [5.41, 5.74) is 1.74. The summed E-state index contributed by atoms with van der Waals surface area (Å²) in [6.07, 6.45) is 3.35. The minimum Gasteiger partial charge on any atom is -0.481 e. The van der Waals surface area contributed by atoms with Gasteiger partial charge in [0, 0.05) is 28.9 Å². The van der Waals surface area contributed by atoms with E-state index < -0.39 is 21.5 Å². The highest BCUT2D eigenvalue weighted by Gasteiger charge is 2.41. The summed E-state index contributed by atoms with van der Waals surface area (Å²) >= 11 is 0. The minimum absolute atomic E-state index is 0.131. The molecule has 1 aromatic rings. The molecule has 0 saturated carbocycles. The molecule has 0 atom stereocenters. The Morgan fingerprint density at radius 2 is 1.55 bits per heavy atom. The third-order valence-corrected chi connectivity index (χ3v) is 5.89. The van der Waals surface area contributed by atoms with Crippen LogP contribution in [-0.4, -0.2) is 81.2 Å². The van der Waals surface area contributed by atoms with Crippen molar-refractivity contribution in [1.82, 2.24) is 0 Å². The first-order valence-corrected chi connectivity index (χ1v) is 12.3. The van der Waals surface area contributed by atoms with Crippen LogP contribution in [0.25, 0.3) is 0 Å². The SMILES string of the molecule is Cc1cc(S(=O)(=O)O)cc2c1[N+](OCCOCCOCCOCCCCC(=O)O)=CC2(C)C. The average molecular weight is 489 g/mol. The predicted octanol–water partition coefficient (Wildman–Crippen LogP) is 2.48. The number of unbranched alkanes of at least 4 members (excludes halogenated alkanes) is 1. The molecule has 0 amide bonds. The van der Waals surface area contributed by atoms with Gasteiger partial charge in [-0.2, -0.15) is 8.42 Å². The number of benzene rings is 1. The highest BCUT2D eigenvalue weighted by Crippen LogP contribution is 2.40. The number of carboxylic acid groups (broad SMARTS) is 1. The maximum absolute atomic E-state index is 11.6. The van der Waals surface area contributed by atoms with Gasteiger partial charge in [-0.25, -0.2) is 0 Å². The van der Waals surface area contributed by atoms with E-state index >= 15 is 0 Å². The lowest BCUT2D eigenvalue weighted by Gasteiger charge is -2.12. The zero-order valence-electron chi connectivity index (χ0n) is 19.4. The van der Waals surface area contributed by atoms with Crippen LogP contribution in [0.5, 0.6) is 0 Å². The average Bonchev–Trinajstić information content (AvgIpc) is 2.98. The van der Waals surface area contributed by atoms with Gasteiger partial charge in [0.1, 0.15) is 0 Å². The monoisotopic (exact) mass is 488 g/mol. The summed E-state index contributed by atoms with van der Waals surface area (Å²) in [4.78, 5) is 16.1. The van der Waals surface area contributed by atoms with Crippen molar-refractivity contribution in [3.05, 3.63) is 23.3 Å². The van der Waals surface area contributed by atoms with Gasteiger partial charge in [0.2, 0.25) is 6.21 Å². The second-order valence-corrected chi connectivity index (χ2v) is 9.73. The fraction of sp³-hybridized carbons (Fsp3) is 0.636. The topological polar surface area (TPSA) is 132 Å². The Hall–Kier alpha value is -2.05. The standard InChI is InChI=1S/C22H33NO9S/c1-17-14-18(33(26,27)28)15-19-21(17)23(16-22(19,2)3)32-13-12-31-11-10-30-9-8-29-7-5-4-6-20(24)25/h14-16H,4-13H2,1-3H3,(H-,24,25,26,27,28)/p+1. The molecule has 0 aliphatic carbocycles. The number of aliphatic carboxylic acids is 1. The zero-order valence-corrected chi connectivity index (χ0v) is 20.2. The highest BCUT2D eigenvalue weighted by atomic mass is 32.2. The third-order valence-electron chi connectivity index (χ3n) is 5.06. The molecule has 10 nitrogen and oxygen atoms in total. The number of fused-ring (bicyclic) bond motifs is 1. The quantitative estimate of drug-likeness (QED) is 0.205. The van der Waals surface area contributed by atoms with Crippen LogP contribution in [0, 0.1) is 6.92 Å². The summed E-state index contributed by atoms with van der Waals surface area (Å²) in [5, 5.41) is 8.54. The fourth-order valence-electron chi connectivity index (χ4n) is 3.42. The first kappa shape index (κ1) is 27.2. The molecular weight excluding hydrogens is 454 g/mol. The van der Waals surface area contributed by atoms with Gasteiger partial charge >= 0.3 is 5.97 Å². The molecule has 0 fully saturated rings. The van der Waals surface area contributed by atoms with Gasteiger partial charge in [0.15, 0.2) is 6.61 Å². The fourth-order valence-corrected chi connectivity index (χ4v) is 4.02. The van der Waals surface area contributed by atoms with Gasteiger partial charge in [0.25, 0.3) is 15.8 Å². The Balaban J connectivity index is 1.63. The van der Waals surface area contributed by atoms with Crippen molar-refractivity contribution in [2.24, 2.45) is 0 Å². The molecule has 1 aliphatic rings. The summed E-state index contributed by atoms with van der Waals surface area (Å²) in [7, 11) is -4.29. The number of hydrogen-bond donors (Lipinski definition) is 2. The second kappa shape index (κ2) is 12.4. The van der Waals surface area contributed by atoms with Crippen molar-refractivity contribution in [3.63, 3.8) is 0 Å². The van der Waals surface area contributed by atoms with Crippen molar-refractivity contribution in [2.45, 2.75) is 50.3 Å². The van der Waals surface area contributed by atoms with Crippen LogP contribution in [0.15, 0.2) is 17.0 Å². The molecule has 0 radical (unpaired) electrons. The van der Waals surface area contributed by atoms with Crippen molar-refractivity contribution in [2.75, 3.05) is 46.2 Å². The number of ether oxygens (including phenoxy) is 3. The Labute approximate surface area is 194 Å². The molecule has 1 heterocycles. The Morgan fingerprint density at radius 1 is 0.970 bits per heavy atom. The molecule has 33 heavy (non-hydrogen) atoms. The molecule has 11 heteroatoms. The molecule has 2 N–H and O–H groups in total. The van der Waals surface area contributed by atoms with E-state index in [1.165, 1.54) is 12.1 Å². The van der Waals surface area contributed by atoms with Crippen LogP contribution in [0.1, 0.15) is 44.2 Å². The van der Waals surface area contributed by atoms with Gasteiger partial charge in [-0.3, -0.25) is 14.2 Å². The van der Waals surface area contributed by atoms with E-state index in [0.29, 0.717) is 64.7 Å². The smallest absolute Gasteiger partial charge is 0.303 e. The summed E-state index contributed by atoms with van der Waals surface area (Å²) in [6.45, 7) is 8.55. The first-order valence-electron chi connectivity index (χ1n) is 10.9. The van der Waals surface area contributed by atoms with E-state index in [1.54, 1.807) is 11.7 Å². The van der Waals surface area contributed by atoms with Crippen molar-refractivity contribution >= 4 is 28.0 Å². The van der Waals surface area contributed by atoms with Crippen LogP contribution in [-0.2, 0) is 39.4 Å². The number of carboxylic acids is 1. The maximum Gasteiger partial charge on any atom is 0.303 e. The van der Waals surface area contributed by atoms with E-state index in [1.807, 2.05) is 20.1 Å². The molecule has 2 rings (SSSR count). The largest absolute Gasteiger partial charge is 0.481 e. The third kappa shape index (κ3) is 8.67. The van der Waals surface area contributed by atoms with E-state index in [2.05, 4.69) is 0 Å². The van der Waals surface area contributed by atoms with Crippen LogP contribution in [0.4, 0.5) is 5.69 Å². The van der Waals surface area contributed by atoms with E-state index in [-0.39, 0.29) is 11.3 Å². The molecule has 1 aromatic carbocycles. The summed E-state index contributed by atoms with van der Waals surface area (Å²) in [5.74, 6) is -0.791. The Kier molecular flexibility index (Phi) is 10.2. The number of aryl methyl sites for hydroxylation is 1. The number of carbonyl (C=O) groups is 1. The van der Waals surface area contributed by atoms with Gasteiger partial charge in [-0.15, -0.1) is 0 Å². The second-order valence-electron chi connectivity index (χ2n) is 8.31. The number of rotatable bonds is 16. The first-order chi connectivity index (χ1) is 15.5. The van der Waals surface area contributed by atoms with Crippen LogP contribution >= 0.6 is 0 Å². The van der Waals surface area contributed by atoms with Crippen LogP contribution < -0.4 is 0 Å². The van der Waals surface area contributed by atoms with Gasteiger partial charge < -0.3 is 19.3 Å². The maximum atomic E-state index is 11.6. The van der Waals surface area contributed by atoms with Crippen molar-refractivity contribution in [1.29, 1.82) is 0 Å². The van der Waals surface area contributed by atoms with Gasteiger partial charge in [0.05, 0.1) is 43.3 Å². The molecule has 0 aromatic heterocycles. The van der Waals surface area contributed by atoms with Crippen molar-refractivity contribution < 1.29 is 46.7 Å². The summed E-state index contributed by atoms with van der Waals surface area (Å²) in [6, 6.07) is 2.90. The highest BCUT2D eigenvalue weighted by molar-refractivity contribution is 7.85. The molecule has 0 spiro atoms. The van der Waals surface area contributed by atoms with E-state index in [9.17, 15) is 17.8 Å². The number of hydrogen-bond acceptors (Lipinski definition) is 7. The molecule has 0 bridgehead atoms. The van der Waals surface area contributed by atoms with Gasteiger partial charge in [-0.05, 0) is 45.7 Å². The lowest BCUT2D eigenvalue weighted by Crippen LogP contribution is -2.18. The number of nitrogens with zero attached hydrogens (tertiary/aromatic N) is 1. The minimum atomic E-state index is -4.29. The van der Waals surface area contributed by atoms with Crippen LogP contribution in [0.2, 0.25) is 0 Å². The Morgan fingerprint density at radius 3 is 2.12 bits per heavy atom. The normalized spacial score (nSPS) is 14.7. The lowest BCUT2D eigenvalue weighted by atomic mass is 9.86. The van der Waals surface area contributed by atoms with Crippen molar-refractivity contribution in [3.8, 4) is 0 Å².